The van der Waals surface area contributed by atoms with Crippen molar-refractivity contribution in [2.75, 3.05) is 4.90 Å². The number of carbonyl (C=O) groups excluding carboxylic acids is 1. The van der Waals surface area contributed by atoms with Gasteiger partial charge in [0.2, 0.25) is 0 Å². The molecular weight excluding hydrogens is 294 g/mol. The van der Waals surface area contributed by atoms with Gasteiger partial charge in [-0.25, -0.2) is 0 Å². The van der Waals surface area contributed by atoms with Gasteiger partial charge in [0, 0.05) is 35.6 Å². The van der Waals surface area contributed by atoms with Crippen molar-refractivity contribution in [1.29, 1.82) is 0 Å². The van der Waals surface area contributed by atoms with Crippen molar-refractivity contribution in [1.82, 2.24) is 0 Å². The maximum atomic E-state index is 12.3. The summed E-state index contributed by atoms with van der Waals surface area (Å²) >= 11 is 6.23. The Kier molecular flexibility index (Phi) is 3.42. The molecule has 2 nitrogen and oxygen atoms in total. The van der Waals surface area contributed by atoms with E-state index >= 15 is 0 Å². The Morgan fingerprint density at radius 3 is 2.77 bits per heavy atom. The summed E-state index contributed by atoms with van der Waals surface area (Å²) in [6, 6.07) is 16.9. The van der Waals surface area contributed by atoms with Gasteiger partial charge in [-0.15, -0.1) is 0 Å². The molecule has 0 N–H and O–H groups in total. The second-order valence-electron chi connectivity index (χ2n) is 6.26. The zero-order chi connectivity index (χ0) is 15.1. The Morgan fingerprint density at radius 1 is 1.14 bits per heavy atom. The van der Waals surface area contributed by atoms with E-state index in [1.54, 1.807) is 0 Å². The SMILES string of the molecule is O=C1CC[C@@H]2C[C@H]1c1ccc(Cl)cc1N2Cc1ccccc1. The highest BCUT2D eigenvalue weighted by Gasteiger charge is 2.39. The van der Waals surface area contributed by atoms with Gasteiger partial charge < -0.3 is 4.90 Å². The summed E-state index contributed by atoms with van der Waals surface area (Å²) in [5, 5.41) is 0.740. The minimum atomic E-state index is 0.0676. The fraction of sp³-hybridized carbons (Fsp3) is 0.316. The van der Waals surface area contributed by atoms with E-state index in [9.17, 15) is 4.79 Å². The van der Waals surface area contributed by atoms with E-state index in [1.165, 1.54) is 5.56 Å². The number of halogens is 1. The van der Waals surface area contributed by atoms with Crippen LogP contribution in [-0.4, -0.2) is 11.8 Å². The third-order valence-electron chi connectivity index (χ3n) is 4.93. The third-order valence-corrected chi connectivity index (χ3v) is 5.17. The smallest absolute Gasteiger partial charge is 0.140 e. The molecule has 1 fully saturated rings. The fourth-order valence-electron chi connectivity index (χ4n) is 3.84. The normalized spacial score (nSPS) is 23.3. The van der Waals surface area contributed by atoms with Gasteiger partial charge in [0.05, 0.1) is 0 Å². The molecule has 0 spiro atoms. The molecule has 0 amide bonds. The van der Waals surface area contributed by atoms with E-state index in [2.05, 4.69) is 29.2 Å². The molecule has 112 valence electrons. The van der Waals surface area contributed by atoms with Crippen molar-refractivity contribution in [2.24, 2.45) is 0 Å². The number of nitrogens with zero attached hydrogens (tertiary/aromatic N) is 1. The summed E-state index contributed by atoms with van der Waals surface area (Å²) in [7, 11) is 0. The lowest BCUT2D eigenvalue weighted by Crippen LogP contribution is -2.45. The molecule has 1 aliphatic heterocycles. The molecule has 2 bridgehead atoms. The topological polar surface area (TPSA) is 20.3 Å². The van der Waals surface area contributed by atoms with Crippen molar-refractivity contribution >= 4 is 23.1 Å². The zero-order valence-electron chi connectivity index (χ0n) is 12.3. The largest absolute Gasteiger partial charge is 0.364 e. The maximum absolute atomic E-state index is 12.3. The number of rotatable bonds is 2. The first-order valence-electron chi connectivity index (χ1n) is 7.85. The molecule has 1 saturated carbocycles. The van der Waals surface area contributed by atoms with E-state index in [4.69, 9.17) is 11.6 Å². The van der Waals surface area contributed by atoms with Crippen molar-refractivity contribution < 1.29 is 4.79 Å². The predicted octanol–water partition coefficient (Wildman–Crippen LogP) is 4.57. The van der Waals surface area contributed by atoms with Crippen molar-refractivity contribution in [3.63, 3.8) is 0 Å². The van der Waals surface area contributed by atoms with Crippen LogP contribution in [0.5, 0.6) is 0 Å². The number of benzene rings is 2. The minimum absolute atomic E-state index is 0.0676. The van der Waals surface area contributed by atoms with Gasteiger partial charge in [-0.05, 0) is 36.1 Å². The van der Waals surface area contributed by atoms with Crippen LogP contribution in [0.15, 0.2) is 48.5 Å². The molecule has 0 radical (unpaired) electrons. The molecule has 0 aromatic heterocycles. The van der Waals surface area contributed by atoms with Crippen LogP contribution >= 0.6 is 11.6 Å². The van der Waals surface area contributed by atoms with Gasteiger partial charge in [0.25, 0.3) is 0 Å². The average Bonchev–Trinajstić information content (AvgIpc) is 2.54. The Hall–Kier alpha value is -1.80. The number of hydrogen-bond acceptors (Lipinski definition) is 2. The fourth-order valence-corrected chi connectivity index (χ4v) is 4.01. The summed E-state index contributed by atoms with van der Waals surface area (Å²) in [5.74, 6) is 0.456. The lowest BCUT2D eigenvalue weighted by atomic mass is 9.75. The molecule has 4 rings (SSSR count). The predicted molar refractivity (Wildman–Crippen MR) is 89.5 cm³/mol. The van der Waals surface area contributed by atoms with Gasteiger partial charge in [-0.1, -0.05) is 48.0 Å². The summed E-state index contributed by atoms with van der Waals surface area (Å²) in [6.07, 6.45) is 2.59. The molecule has 22 heavy (non-hydrogen) atoms. The standard InChI is InChI=1S/C19H18ClNO/c20-14-6-8-16-17-11-15(7-9-19(17)22)21(18(16)10-14)12-13-4-2-1-3-5-13/h1-6,8,10,15,17H,7,9,11-12H2/t15-,17+/m1/s1. The monoisotopic (exact) mass is 311 g/mol. The van der Waals surface area contributed by atoms with Crippen molar-refractivity contribution in [3.8, 4) is 0 Å². The van der Waals surface area contributed by atoms with Crippen LogP contribution in [0.3, 0.4) is 0 Å². The van der Waals surface area contributed by atoms with E-state index in [0.717, 1.165) is 35.7 Å². The first kappa shape index (κ1) is 13.8. The molecule has 2 aromatic carbocycles. The number of anilines is 1. The number of carbonyl (C=O) groups is 1. The highest BCUT2D eigenvalue weighted by molar-refractivity contribution is 6.30. The van der Waals surface area contributed by atoms with Crippen molar-refractivity contribution in [2.45, 2.75) is 37.8 Å². The van der Waals surface area contributed by atoms with Crippen LogP contribution in [0, 0.1) is 0 Å². The van der Waals surface area contributed by atoms with Crippen molar-refractivity contribution in [3.05, 3.63) is 64.7 Å². The number of Topliss-reactive ketones (excluding diaryl/α,β-unsaturated/α-hetero) is 1. The van der Waals surface area contributed by atoms with E-state index in [1.807, 2.05) is 24.3 Å². The lowest BCUT2D eigenvalue weighted by Gasteiger charge is -2.45. The van der Waals surface area contributed by atoms with Crippen LogP contribution in [-0.2, 0) is 11.3 Å². The minimum Gasteiger partial charge on any atom is -0.364 e. The molecule has 2 aliphatic rings. The first-order valence-corrected chi connectivity index (χ1v) is 8.23. The van der Waals surface area contributed by atoms with Gasteiger partial charge in [0.15, 0.2) is 0 Å². The highest BCUT2D eigenvalue weighted by atomic mass is 35.5. The van der Waals surface area contributed by atoms with Crippen LogP contribution in [0.1, 0.15) is 36.3 Å². The van der Waals surface area contributed by atoms with E-state index < -0.39 is 0 Å². The molecular formula is C19H18ClNO. The van der Waals surface area contributed by atoms with Gasteiger partial charge in [-0.2, -0.15) is 0 Å². The molecule has 2 aromatic rings. The van der Waals surface area contributed by atoms with Crippen LogP contribution in [0.4, 0.5) is 5.69 Å². The van der Waals surface area contributed by atoms with Crippen LogP contribution in [0.2, 0.25) is 5.02 Å². The molecule has 1 aliphatic carbocycles. The van der Waals surface area contributed by atoms with Gasteiger partial charge in [-0.3, -0.25) is 4.79 Å². The average molecular weight is 312 g/mol. The molecule has 3 heteroatoms. The van der Waals surface area contributed by atoms with Crippen LogP contribution in [0.25, 0.3) is 0 Å². The third kappa shape index (κ3) is 2.32. The molecule has 2 atom stereocenters. The Balaban J connectivity index is 1.77. The number of ketones is 1. The second kappa shape index (κ2) is 5.44. The van der Waals surface area contributed by atoms with E-state index in [0.29, 0.717) is 18.2 Å². The molecule has 0 unspecified atom stereocenters. The quantitative estimate of drug-likeness (QED) is 0.810. The van der Waals surface area contributed by atoms with E-state index in [-0.39, 0.29) is 5.92 Å². The molecule has 1 heterocycles. The first-order chi connectivity index (χ1) is 10.7. The number of hydrogen-bond donors (Lipinski definition) is 0. The Bertz CT molecular complexity index is 713. The van der Waals surface area contributed by atoms with Gasteiger partial charge in [0.1, 0.15) is 5.78 Å². The van der Waals surface area contributed by atoms with Gasteiger partial charge >= 0.3 is 0 Å². The summed E-state index contributed by atoms with van der Waals surface area (Å²) in [4.78, 5) is 14.7. The molecule has 0 saturated heterocycles. The number of fused-ring (bicyclic) bond motifs is 4. The zero-order valence-corrected chi connectivity index (χ0v) is 13.1. The van der Waals surface area contributed by atoms with Crippen LogP contribution < -0.4 is 4.90 Å². The summed E-state index contributed by atoms with van der Waals surface area (Å²) in [6.45, 7) is 0.875. The summed E-state index contributed by atoms with van der Waals surface area (Å²) in [5.41, 5.74) is 3.59. The summed E-state index contributed by atoms with van der Waals surface area (Å²) < 4.78 is 0. The Labute approximate surface area is 135 Å². The maximum Gasteiger partial charge on any atom is 0.140 e. The lowest BCUT2D eigenvalue weighted by molar-refractivity contribution is -0.122. The Morgan fingerprint density at radius 2 is 1.95 bits per heavy atom. The second-order valence-corrected chi connectivity index (χ2v) is 6.70. The highest BCUT2D eigenvalue weighted by Crippen LogP contribution is 2.45.